The molecule has 28 heavy (non-hydrogen) atoms. The Bertz CT molecular complexity index is 1560. The number of nitrogens with one attached hydrogen (secondary N) is 3. The first-order chi connectivity index (χ1) is 13.7. The maximum atomic E-state index is 13.4. The predicted molar refractivity (Wildman–Crippen MR) is 113 cm³/mol. The summed E-state index contributed by atoms with van der Waals surface area (Å²) < 4.78 is 6.18. The van der Waals surface area contributed by atoms with E-state index >= 15 is 0 Å². The smallest absolute Gasteiger partial charge is 0.196 e. The van der Waals surface area contributed by atoms with Gasteiger partial charge in [-0.1, -0.05) is 36.4 Å². The van der Waals surface area contributed by atoms with Crippen LogP contribution in [-0.2, 0) is 0 Å². The number of hydrogen-bond donors (Lipinski definition) is 3. The normalized spacial score (nSPS) is 13.6. The van der Waals surface area contributed by atoms with Crippen LogP contribution in [0.3, 0.4) is 0 Å². The van der Waals surface area contributed by atoms with Gasteiger partial charge in [0.1, 0.15) is 5.69 Å². The summed E-state index contributed by atoms with van der Waals surface area (Å²) in [7, 11) is 0. The second-order valence-corrected chi connectivity index (χ2v) is 6.98. The molecule has 1 aromatic heterocycles. The molecule has 5 aromatic rings. The van der Waals surface area contributed by atoms with Gasteiger partial charge in [-0.15, -0.1) is 0 Å². The van der Waals surface area contributed by atoms with Crippen LogP contribution >= 0.6 is 0 Å². The van der Waals surface area contributed by atoms with E-state index in [9.17, 15) is 9.59 Å². The maximum Gasteiger partial charge on any atom is 0.196 e. The number of para-hydroxylation sites is 2. The summed E-state index contributed by atoms with van der Waals surface area (Å²) in [5.41, 5.74) is 3.54. The highest BCUT2D eigenvalue weighted by Crippen LogP contribution is 2.40. The van der Waals surface area contributed by atoms with E-state index in [1.165, 1.54) is 0 Å². The molecule has 0 fully saturated rings. The zero-order valence-corrected chi connectivity index (χ0v) is 14.8. The summed E-state index contributed by atoms with van der Waals surface area (Å²) >= 11 is 0. The fourth-order valence-electron chi connectivity index (χ4n) is 4.17. The molecule has 1 aliphatic rings. The minimum absolute atomic E-state index is 0.152. The zero-order chi connectivity index (χ0) is 18.8. The molecule has 0 bridgehead atoms. The van der Waals surface area contributed by atoms with Crippen molar-refractivity contribution in [2.75, 3.05) is 23.7 Å². The first-order valence-corrected chi connectivity index (χ1v) is 9.18. The van der Waals surface area contributed by atoms with Crippen molar-refractivity contribution in [3.8, 4) is 0 Å². The summed E-state index contributed by atoms with van der Waals surface area (Å²) in [5, 5.41) is 8.27. The molecule has 0 saturated carbocycles. The van der Waals surface area contributed by atoms with Gasteiger partial charge in [-0.2, -0.15) is 0 Å². The van der Waals surface area contributed by atoms with Gasteiger partial charge >= 0.3 is 0 Å². The fraction of sp³-hybridized carbons (Fsp3) is 0.0909. The molecule has 136 valence electrons. The molecule has 0 spiro atoms. The van der Waals surface area contributed by atoms with Crippen LogP contribution in [0.15, 0.2) is 62.5 Å². The van der Waals surface area contributed by atoms with Crippen LogP contribution in [0.4, 0.5) is 11.4 Å². The molecule has 0 atom stereocenters. The van der Waals surface area contributed by atoms with Gasteiger partial charge in [-0.3, -0.25) is 9.59 Å². The predicted octanol–water partition coefficient (Wildman–Crippen LogP) is 3.78. The van der Waals surface area contributed by atoms with Gasteiger partial charge in [0.25, 0.3) is 0 Å². The number of aromatic nitrogens is 1. The number of benzene rings is 4. The number of fused-ring (bicyclic) bond motifs is 8. The Morgan fingerprint density at radius 3 is 2.18 bits per heavy atom. The average molecular weight is 369 g/mol. The molecule has 0 amide bonds. The van der Waals surface area contributed by atoms with Crippen molar-refractivity contribution in [1.82, 2.24) is 4.98 Å². The van der Waals surface area contributed by atoms with Crippen molar-refractivity contribution in [2.45, 2.75) is 0 Å². The minimum Gasteiger partial charge on any atom is -0.451 e. The van der Waals surface area contributed by atoms with Crippen LogP contribution in [0.5, 0.6) is 0 Å². The summed E-state index contributed by atoms with van der Waals surface area (Å²) in [4.78, 5) is 30.1. The van der Waals surface area contributed by atoms with Crippen LogP contribution < -0.4 is 21.5 Å². The van der Waals surface area contributed by atoms with Crippen LogP contribution in [0.25, 0.3) is 43.7 Å². The number of H-pyrrole nitrogens is 1. The SMILES string of the molecule is O=c1c2ccccc2c(=O)c2c1c1c(c3oc4ccccc4[nH]c32)NCCN1. The molecule has 6 heteroatoms. The third kappa shape index (κ3) is 1.86. The Balaban J connectivity index is 1.99. The van der Waals surface area contributed by atoms with E-state index in [0.29, 0.717) is 62.7 Å². The largest absolute Gasteiger partial charge is 0.451 e. The molecule has 1 aliphatic heterocycles. The lowest BCUT2D eigenvalue weighted by Gasteiger charge is -2.23. The Kier molecular flexibility index (Phi) is 2.92. The van der Waals surface area contributed by atoms with E-state index in [1.807, 2.05) is 24.3 Å². The Morgan fingerprint density at radius 1 is 0.750 bits per heavy atom. The molecule has 2 heterocycles. The van der Waals surface area contributed by atoms with Gasteiger partial charge in [0.2, 0.25) is 0 Å². The number of rotatable bonds is 0. The molecule has 6 nitrogen and oxygen atoms in total. The molecule has 0 unspecified atom stereocenters. The molecular formula is C22H15N3O3. The monoisotopic (exact) mass is 369 g/mol. The second kappa shape index (κ2) is 5.36. The van der Waals surface area contributed by atoms with Gasteiger partial charge in [-0.05, 0) is 12.1 Å². The first-order valence-electron chi connectivity index (χ1n) is 9.18. The molecule has 6 rings (SSSR count). The Labute approximate surface area is 157 Å². The van der Waals surface area contributed by atoms with Crippen LogP contribution in [-0.4, -0.2) is 18.1 Å². The van der Waals surface area contributed by atoms with Crippen molar-refractivity contribution >= 4 is 55.1 Å². The Hall–Kier alpha value is -3.80. The highest BCUT2D eigenvalue weighted by atomic mass is 16.3. The van der Waals surface area contributed by atoms with Crippen molar-refractivity contribution in [1.29, 1.82) is 0 Å². The molecule has 4 aromatic carbocycles. The third-order valence-electron chi connectivity index (χ3n) is 5.41. The van der Waals surface area contributed by atoms with Crippen molar-refractivity contribution in [3.05, 3.63) is 69.0 Å². The van der Waals surface area contributed by atoms with Gasteiger partial charge < -0.3 is 20.0 Å². The van der Waals surface area contributed by atoms with E-state index in [-0.39, 0.29) is 10.9 Å². The lowest BCUT2D eigenvalue weighted by atomic mass is 9.98. The fourth-order valence-corrected chi connectivity index (χ4v) is 4.17. The third-order valence-corrected chi connectivity index (χ3v) is 5.41. The lowest BCUT2D eigenvalue weighted by molar-refractivity contribution is 0.658. The quantitative estimate of drug-likeness (QED) is 0.286. The van der Waals surface area contributed by atoms with Crippen LogP contribution in [0, 0.1) is 0 Å². The first kappa shape index (κ1) is 15.3. The van der Waals surface area contributed by atoms with Crippen LogP contribution in [0.2, 0.25) is 0 Å². The Morgan fingerprint density at radius 2 is 1.39 bits per heavy atom. The van der Waals surface area contributed by atoms with Crippen molar-refractivity contribution in [3.63, 3.8) is 0 Å². The zero-order valence-electron chi connectivity index (χ0n) is 14.8. The van der Waals surface area contributed by atoms with E-state index in [0.717, 1.165) is 5.52 Å². The average Bonchev–Trinajstić information content (AvgIpc) is 2.75. The molecule has 0 saturated heterocycles. The molecule has 3 N–H and O–H groups in total. The topological polar surface area (TPSA) is 87.1 Å². The van der Waals surface area contributed by atoms with Crippen LogP contribution in [0.1, 0.15) is 0 Å². The summed E-state index contributed by atoms with van der Waals surface area (Å²) in [6.45, 7) is 1.35. The summed E-state index contributed by atoms with van der Waals surface area (Å²) in [6.07, 6.45) is 0. The molecule has 0 radical (unpaired) electrons. The van der Waals surface area contributed by atoms with Gasteiger partial charge in [0, 0.05) is 23.9 Å². The molecular weight excluding hydrogens is 354 g/mol. The van der Waals surface area contributed by atoms with E-state index in [4.69, 9.17) is 4.42 Å². The van der Waals surface area contributed by atoms with Gasteiger partial charge in [0.05, 0.1) is 27.5 Å². The maximum absolute atomic E-state index is 13.4. The number of hydrogen-bond acceptors (Lipinski definition) is 5. The van der Waals surface area contributed by atoms with Crippen molar-refractivity contribution < 1.29 is 4.42 Å². The van der Waals surface area contributed by atoms with E-state index in [1.54, 1.807) is 24.3 Å². The summed E-state index contributed by atoms with van der Waals surface area (Å²) in [5.74, 6) is 0. The van der Waals surface area contributed by atoms with Gasteiger partial charge in [-0.25, -0.2) is 0 Å². The standard InChI is InChI=1S/C22H15N3O3/c26-20-11-5-1-2-6-12(11)21(27)16-15(20)17-19(24-10-9-23-17)22-18(16)25-13-7-3-4-8-14(13)28-22/h1-8,23-25H,9-10H2. The summed E-state index contributed by atoms with van der Waals surface area (Å²) in [6, 6.07) is 14.5. The number of aromatic amines is 1. The molecule has 0 aliphatic carbocycles. The van der Waals surface area contributed by atoms with E-state index in [2.05, 4.69) is 15.6 Å². The number of anilines is 2. The minimum atomic E-state index is -0.174. The lowest BCUT2D eigenvalue weighted by Crippen LogP contribution is -2.24. The highest BCUT2D eigenvalue weighted by molar-refractivity contribution is 6.20. The second-order valence-electron chi connectivity index (χ2n) is 6.98. The van der Waals surface area contributed by atoms with Crippen molar-refractivity contribution in [2.24, 2.45) is 0 Å². The van der Waals surface area contributed by atoms with E-state index < -0.39 is 0 Å². The van der Waals surface area contributed by atoms with Gasteiger partial charge in [0.15, 0.2) is 22.0 Å². The highest BCUT2D eigenvalue weighted by Gasteiger charge is 2.24.